The number of benzene rings is 9. The van der Waals surface area contributed by atoms with Crippen LogP contribution in [0.5, 0.6) is 0 Å². The summed E-state index contributed by atoms with van der Waals surface area (Å²) in [5.74, 6) is 0.587. The zero-order valence-electron chi connectivity index (χ0n) is 32.6. The molecule has 2 nitrogen and oxygen atoms in total. The Hall–Kier alpha value is -6.90. The smallest absolute Gasteiger partial charge is 0.0547 e. The van der Waals surface area contributed by atoms with Crippen LogP contribution in [0, 0.1) is 0 Å². The predicted octanol–water partition coefficient (Wildman–Crippen LogP) is 15.9. The minimum Gasteiger partial charge on any atom is -0.309 e. The van der Waals surface area contributed by atoms with Crippen LogP contribution in [-0.4, -0.2) is 4.57 Å². The summed E-state index contributed by atoms with van der Waals surface area (Å²) in [6.45, 7) is 0. The largest absolute Gasteiger partial charge is 0.309 e. The number of fused-ring (bicyclic) bond motifs is 5. The van der Waals surface area contributed by atoms with E-state index in [1.165, 1.54) is 103 Å². The van der Waals surface area contributed by atoms with E-state index in [1.54, 1.807) is 0 Å². The van der Waals surface area contributed by atoms with E-state index >= 15 is 0 Å². The van der Waals surface area contributed by atoms with Gasteiger partial charge in [-0.05, 0) is 106 Å². The van der Waals surface area contributed by atoms with Crippen LogP contribution in [0.2, 0.25) is 0 Å². The Balaban J connectivity index is 1.16. The lowest BCUT2D eigenvalue weighted by Gasteiger charge is -2.31. The van der Waals surface area contributed by atoms with Crippen LogP contribution in [0.15, 0.2) is 200 Å². The molecule has 0 bridgehead atoms. The fourth-order valence-corrected chi connectivity index (χ4v) is 9.87. The molecule has 58 heavy (non-hydrogen) atoms. The van der Waals surface area contributed by atoms with Crippen molar-refractivity contribution in [2.45, 2.75) is 38.0 Å². The van der Waals surface area contributed by atoms with Crippen LogP contribution < -0.4 is 4.90 Å². The van der Waals surface area contributed by atoms with Crippen molar-refractivity contribution in [2.75, 3.05) is 4.90 Å². The van der Waals surface area contributed by atoms with Gasteiger partial charge in [0.2, 0.25) is 0 Å². The predicted molar refractivity (Wildman–Crippen MR) is 247 cm³/mol. The lowest BCUT2D eigenvalue weighted by molar-refractivity contribution is 0.445. The fraction of sp³-hybridized carbons (Fsp3) is 0.107. The Bertz CT molecular complexity index is 3110. The summed E-state index contributed by atoms with van der Waals surface area (Å²) in [7, 11) is 0. The molecule has 1 aliphatic rings. The van der Waals surface area contributed by atoms with Gasteiger partial charge in [0.05, 0.1) is 22.4 Å². The molecule has 11 rings (SSSR count). The van der Waals surface area contributed by atoms with Gasteiger partial charge in [-0.2, -0.15) is 0 Å². The van der Waals surface area contributed by atoms with Gasteiger partial charge in [-0.25, -0.2) is 0 Å². The minimum atomic E-state index is 0.587. The first-order valence-corrected chi connectivity index (χ1v) is 20.9. The molecule has 0 radical (unpaired) electrons. The standard InChI is InChI=1S/C56H44N2/c1-3-18-40(19-4-1)47-28-15-21-41-22-16-29-51(56(41)47)49-27-11-14-32-54(49)58(45-35-33-39-17-7-8-20-42(39)37-45)52-30-12-9-25-46(52)43-34-36-50-48-26-10-13-31-53(48)57(55(50)38-43)44-23-5-2-6-24-44/h2,5-17,20-38,40H,1,3-4,18-19H2. The summed E-state index contributed by atoms with van der Waals surface area (Å²) in [6.07, 6.45) is 6.49. The Morgan fingerprint density at radius 3 is 1.90 bits per heavy atom. The van der Waals surface area contributed by atoms with Crippen LogP contribution >= 0.6 is 0 Å². The lowest BCUT2D eigenvalue weighted by atomic mass is 9.80. The molecule has 0 aliphatic heterocycles. The second kappa shape index (κ2) is 14.6. The van der Waals surface area contributed by atoms with E-state index in [0.29, 0.717) is 5.92 Å². The lowest BCUT2D eigenvalue weighted by Crippen LogP contribution is -2.12. The van der Waals surface area contributed by atoms with E-state index in [1.807, 2.05) is 0 Å². The molecule has 0 amide bonds. The van der Waals surface area contributed by atoms with E-state index in [-0.39, 0.29) is 0 Å². The number of hydrogen-bond acceptors (Lipinski definition) is 1. The molecule has 1 saturated carbocycles. The van der Waals surface area contributed by atoms with Crippen molar-refractivity contribution in [3.05, 3.63) is 206 Å². The molecule has 1 aromatic heterocycles. The second-order valence-corrected chi connectivity index (χ2v) is 15.9. The first kappa shape index (κ1) is 34.4. The molecular formula is C56H44N2. The van der Waals surface area contributed by atoms with Crippen molar-refractivity contribution in [3.63, 3.8) is 0 Å². The van der Waals surface area contributed by atoms with Crippen molar-refractivity contribution < 1.29 is 0 Å². The van der Waals surface area contributed by atoms with Gasteiger partial charge >= 0.3 is 0 Å². The van der Waals surface area contributed by atoms with Crippen LogP contribution in [0.25, 0.3) is 71.3 Å². The van der Waals surface area contributed by atoms with Crippen molar-refractivity contribution in [3.8, 4) is 27.9 Å². The topological polar surface area (TPSA) is 8.17 Å². The van der Waals surface area contributed by atoms with Crippen LogP contribution in [0.4, 0.5) is 17.1 Å². The van der Waals surface area contributed by atoms with Gasteiger partial charge in [0.25, 0.3) is 0 Å². The highest BCUT2D eigenvalue weighted by Crippen LogP contribution is 2.48. The number of rotatable bonds is 7. The molecular weight excluding hydrogens is 701 g/mol. The van der Waals surface area contributed by atoms with Crippen molar-refractivity contribution in [1.82, 2.24) is 4.57 Å². The maximum Gasteiger partial charge on any atom is 0.0547 e. The third kappa shape index (κ3) is 5.87. The summed E-state index contributed by atoms with van der Waals surface area (Å²) >= 11 is 0. The highest BCUT2D eigenvalue weighted by molar-refractivity contribution is 6.11. The van der Waals surface area contributed by atoms with Gasteiger partial charge in [-0.1, -0.05) is 171 Å². The van der Waals surface area contributed by atoms with Crippen LogP contribution in [0.3, 0.4) is 0 Å². The normalized spacial score (nSPS) is 13.4. The van der Waals surface area contributed by atoms with E-state index in [9.17, 15) is 0 Å². The number of para-hydroxylation sites is 4. The zero-order chi connectivity index (χ0) is 38.4. The fourth-order valence-electron chi connectivity index (χ4n) is 9.87. The number of aromatic nitrogens is 1. The quantitative estimate of drug-likeness (QED) is 0.158. The molecule has 0 unspecified atom stereocenters. The zero-order valence-corrected chi connectivity index (χ0v) is 32.6. The van der Waals surface area contributed by atoms with Crippen molar-refractivity contribution >= 4 is 60.4 Å². The Kier molecular flexibility index (Phi) is 8.62. The van der Waals surface area contributed by atoms with Crippen LogP contribution in [0.1, 0.15) is 43.6 Å². The average Bonchev–Trinajstić information content (AvgIpc) is 3.63. The van der Waals surface area contributed by atoms with Crippen molar-refractivity contribution in [2.24, 2.45) is 0 Å². The molecule has 278 valence electrons. The molecule has 0 N–H and O–H groups in total. The maximum absolute atomic E-state index is 2.51. The van der Waals surface area contributed by atoms with Gasteiger partial charge in [-0.3, -0.25) is 0 Å². The van der Waals surface area contributed by atoms with Crippen molar-refractivity contribution in [1.29, 1.82) is 0 Å². The van der Waals surface area contributed by atoms with E-state index in [4.69, 9.17) is 0 Å². The van der Waals surface area contributed by atoms with Crippen LogP contribution in [-0.2, 0) is 0 Å². The monoisotopic (exact) mass is 744 g/mol. The number of hydrogen-bond donors (Lipinski definition) is 0. The Labute approximate surface area is 340 Å². The molecule has 0 saturated heterocycles. The summed E-state index contributed by atoms with van der Waals surface area (Å²) in [4.78, 5) is 2.51. The summed E-state index contributed by atoms with van der Waals surface area (Å²) in [5.41, 5.74) is 13.4. The van der Waals surface area contributed by atoms with Gasteiger partial charge in [0.15, 0.2) is 0 Å². The molecule has 1 aliphatic carbocycles. The number of anilines is 3. The SMILES string of the molecule is c1ccc(-n2c3ccccc3c3ccc(-c4ccccc4N(c4ccc5ccccc5c4)c4ccccc4-c4cccc5cccc(C6CCCCC6)c45)cc32)cc1. The van der Waals surface area contributed by atoms with Gasteiger partial charge in [0, 0.05) is 33.3 Å². The maximum atomic E-state index is 2.51. The average molecular weight is 745 g/mol. The second-order valence-electron chi connectivity index (χ2n) is 15.9. The number of nitrogens with zero attached hydrogens (tertiary/aromatic N) is 2. The van der Waals surface area contributed by atoms with Gasteiger partial charge in [-0.15, -0.1) is 0 Å². The van der Waals surface area contributed by atoms with E-state index < -0.39 is 0 Å². The Morgan fingerprint density at radius 2 is 1.05 bits per heavy atom. The highest BCUT2D eigenvalue weighted by atomic mass is 15.1. The Morgan fingerprint density at radius 1 is 0.414 bits per heavy atom. The van der Waals surface area contributed by atoms with E-state index in [2.05, 4.69) is 210 Å². The molecule has 10 aromatic rings. The van der Waals surface area contributed by atoms with Gasteiger partial charge < -0.3 is 9.47 Å². The first-order chi connectivity index (χ1) is 28.8. The molecule has 0 spiro atoms. The van der Waals surface area contributed by atoms with E-state index in [0.717, 1.165) is 22.7 Å². The molecule has 1 fully saturated rings. The molecule has 9 aromatic carbocycles. The van der Waals surface area contributed by atoms with Gasteiger partial charge in [0.1, 0.15) is 0 Å². The molecule has 1 heterocycles. The summed E-state index contributed by atoms with van der Waals surface area (Å²) < 4.78 is 2.41. The summed E-state index contributed by atoms with van der Waals surface area (Å²) in [5, 5.41) is 7.68. The first-order valence-electron chi connectivity index (χ1n) is 20.9. The third-order valence-electron chi connectivity index (χ3n) is 12.6. The minimum absolute atomic E-state index is 0.587. The molecule has 2 heteroatoms. The highest BCUT2D eigenvalue weighted by Gasteiger charge is 2.24. The molecule has 0 atom stereocenters. The summed E-state index contributed by atoms with van der Waals surface area (Å²) in [6, 6.07) is 74.1. The third-order valence-corrected chi connectivity index (χ3v) is 12.6.